The summed E-state index contributed by atoms with van der Waals surface area (Å²) in [5.74, 6) is 0.602. The van der Waals surface area contributed by atoms with Crippen molar-refractivity contribution >= 4 is 22.5 Å². The van der Waals surface area contributed by atoms with Crippen molar-refractivity contribution in [3.8, 4) is 5.75 Å². The molecular weight excluding hydrogens is 358 g/mol. The molecule has 0 saturated carbocycles. The molecule has 1 amide bonds. The Morgan fingerprint density at radius 1 is 1.25 bits per heavy atom. The van der Waals surface area contributed by atoms with Gasteiger partial charge < -0.3 is 14.6 Å². The lowest BCUT2D eigenvalue weighted by atomic mass is 10.0. The van der Waals surface area contributed by atoms with Gasteiger partial charge in [0.05, 0.1) is 30.4 Å². The van der Waals surface area contributed by atoms with Gasteiger partial charge in [0.25, 0.3) is 5.56 Å². The quantitative estimate of drug-likeness (QED) is 0.636. The Morgan fingerprint density at radius 3 is 2.89 bits per heavy atom. The number of ether oxygens (including phenoxy) is 1. The molecule has 28 heavy (non-hydrogen) atoms. The molecule has 2 heterocycles. The van der Waals surface area contributed by atoms with Crippen molar-refractivity contribution in [3.63, 3.8) is 0 Å². The largest absolute Gasteiger partial charge is 0.496 e. The molecule has 4 rings (SSSR count). The number of carbonyl (C=O) groups excluding carboxylic acids is 1. The zero-order valence-electron chi connectivity index (χ0n) is 15.6. The molecule has 2 atom stereocenters. The van der Waals surface area contributed by atoms with E-state index in [9.17, 15) is 9.59 Å². The number of aryl methyl sites for hydroxylation is 1. The molecule has 1 aromatic heterocycles. The molecule has 1 fully saturated rings. The Hall–Kier alpha value is -3.23. The number of hydrogen-bond acceptors (Lipinski definition) is 6. The second kappa shape index (κ2) is 7.41. The van der Waals surface area contributed by atoms with Crippen LogP contribution in [0.5, 0.6) is 5.75 Å². The molecule has 0 aliphatic carbocycles. The van der Waals surface area contributed by atoms with Crippen molar-refractivity contribution in [1.82, 2.24) is 20.4 Å². The molecule has 0 spiro atoms. The van der Waals surface area contributed by atoms with E-state index in [-0.39, 0.29) is 17.5 Å². The molecule has 1 aliphatic rings. The van der Waals surface area contributed by atoms with Gasteiger partial charge in [-0.1, -0.05) is 18.2 Å². The van der Waals surface area contributed by atoms with Gasteiger partial charge in [-0.05, 0) is 30.7 Å². The van der Waals surface area contributed by atoms with Gasteiger partial charge in [0.15, 0.2) is 0 Å². The minimum Gasteiger partial charge on any atom is -0.496 e. The number of aromatic nitrogens is 2. The Labute approximate surface area is 161 Å². The van der Waals surface area contributed by atoms with E-state index in [0.717, 1.165) is 11.3 Å². The summed E-state index contributed by atoms with van der Waals surface area (Å²) in [5, 5.41) is 3.34. The zero-order chi connectivity index (χ0) is 19.7. The smallest absolute Gasteiger partial charge is 0.260 e. The average Bonchev–Trinajstić information content (AvgIpc) is 3.21. The number of nitrogens with one attached hydrogen (secondary N) is 3. The predicted molar refractivity (Wildman–Crippen MR) is 106 cm³/mol. The summed E-state index contributed by atoms with van der Waals surface area (Å²) >= 11 is 0. The number of nitrogens with zero attached hydrogens (tertiary/aromatic N) is 2. The van der Waals surface area contributed by atoms with Gasteiger partial charge >= 0.3 is 0 Å². The highest BCUT2D eigenvalue weighted by Crippen LogP contribution is 2.30. The highest BCUT2D eigenvalue weighted by atomic mass is 16.5. The summed E-state index contributed by atoms with van der Waals surface area (Å²) in [4.78, 5) is 29.2. The zero-order valence-corrected chi connectivity index (χ0v) is 15.6. The Bertz CT molecular complexity index is 1090. The van der Waals surface area contributed by atoms with Crippen LogP contribution in [0.1, 0.15) is 18.0 Å². The lowest BCUT2D eigenvalue weighted by Crippen LogP contribution is -2.39. The first-order valence-corrected chi connectivity index (χ1v) is 8.97. The van der Waals surface area contributed by atoms with Gasteiger partial charge in [0, 0.05) is 18.3 Å². The monoisotopic (exact) mass is 379 g/mol. The normalized spacial score (nSPS) is 18.9. The van der Waals surface area contributed by atoms with Crippen LogP contribution in [0.25, 0.3) is 10.9 Å². The maximum absolute atomic E-state index is 12.7. The number of methoxy groups -OCH3 is 1. The Kier molecular flexibility index (Phi) is 4.81. The van der Waals surface area contributed by atoms with Crippen molar-refractivity contribution in [2.45, 2.75) is 18.5 Å². The fourth-order valence-electron chi connectivity index (χ4n) is 3.40. The summed E-state index contributed by atoms with van der Waals surface area (Å²) in [6.45, 7) is 0. The predicted octanol–water partition coefficient (Wildman–Crippen LogP) is 1.49. The van der Waals surface area contributed by atoms with Crippen molar-refractivity contribution < 1.29 is 9.53 Å². The minimum atomic E-state index is -0.414. The van der Waals surface area contributed by atoms with Gasteiger partial charge in [0.1, 0.15) is 11.8 Å². The molecule has 144 valence electrons. The van der Waals surface area contributed by atoms with Gasteiger partial charge in [0.2, 0.25) is 5.91 Å². The van der Waals surface area contributed by atoms with Crippen molar-refractivity contribution in [2.75, 3.05) is 12.4 Å². The third-order valence-electron chi connectivity index (χ3n) is 4.92. The molecule has 0 bridgehead atoms. The van der Waals surface area contributed by atoms with Crippen molar-refractivity contribution in [2.24, 2.45) is 7.05 Å². The van der Waals surface area contributed by atoms with Crippen LogP contribution in [0.4, 0.5) is 5.69 Å². The van der Waals surface area contributed by atoms with Crippen molar-refractivity contribution in [3.05, 3.63) is 64.7 Å². The highest BCUT2D eigenvalue weighted by molar-refractivity contribution is 5.96. The van der Waals surface area contributed by atoms with E-state index < -0.39 is 6.04 Å². The van der Waals surface area contributed by atoms with Gasteiger partial charge in [-0.2, -0.15) is 0 Å². The van der Waals surface area contributed by atoms with Crippen LogP contribution in [-0.2, 0) is 11.8 Å². The molecule has 8 heteroatoms. The number of anilines is 1. The molecule has 0 radical (unpaired) electrons. The number of rotatable bonds is 4. The summed E-state index contributed by atoms with van der Waals surface area (Å²) in [6, 6.07) is 12.4. The van der Waals surface area contributed by atoms with E-state index in [1.54, 1.807) is 32.4 Å². The molecule has 1 aliphatic heterocycles. The highest BCUT2D eigenvalue weighted by Gasteiger charge is 2.31. The molecule has 2 aromatic carbocycles. The van der Waals surface area contributed by atoms with Crippen LogP contribution in [0, 0.1) is 0 Å². The number of fused-ring (bicyclic) bond motifs is 1. The fraction of sp³-hybridized carbons (Fsp3) is 0.250. The molecule has 8 nitrogen and oxygen atoms in total. The van der Waals surface area contributed by atoms with Gasteiger partial charge in [-0.15, -0.1) is 0 Å². The van der Waals surface area contributed by atoms with Gasteiger partial charge in [-0.25, -0.2) is 15.8 Å². The van der Waals surface area contributed by atoms with Crippen LogP contribution in [0.2, 0.25) is 0 Å². The number of benzene rings is 2. The third-order valence-corrected chi connectivity index (χ3v) is 4.92. The van der Waals surface area contributed by atoms with E-state index in [1.165, 1.54) is 10.9 Å². The fourth-order valence-corrected chi connectivity index (χ4v) is 3.40. The molecule has 1 saturated heterocycles. The first-order valence-electron chi connectivity index (χ1n) is 8.97. The van der Waals surface area contributed by atoms with Crippen LogP contribution in [0.15, 0.2) is 53.6 Å². The van der Waals surface area contributed by atoms with E-state index in [0.29, 0.717) is 23.0 Å². The third kappa shape index (κ3) is 3.35. The maximum Gasteiger partial charge on any atom is 0.260 e. The minimum absolute atomic E-state index is 0.0417. The second-order valence-electron chi connectivity index (χ2n) is 6.75. The lowest BCUT2D eigenvalue weighted by Gasteiger charge is -2.14. The maximum atomic E-state index is 12.7. The summed E-state index contributed by atoms with van der Waals surface area (Å²) in [5.41, 5.74) is 8.19. The van der Waals surface area contributed by atoms with Crippen LogP contribution < -0.4 is 26.5 Å². The molecule has 2 unspecified atom stereocenters. The number of hydrazine groups is 1. The van der Waals surface area contributed by atoms with Crippen LogP contribution in [0.3, 0.4) is 0 Å². The number of amides is 1. The Balaban J connectivity index is 1.49. The standard InChI is InChI=1S/C20H21N5O3/c1-25-11-21-15-8-7-12(9-14(15)20(25)27)22-19(26)17-10-16(23-24-17)13-5-3-4-6-18(13)28-2/h3-9,11,16-17,23-24H,10H2,1-2H3,(H,22,26). The summed E-state index contributed by atoms with van der Waals surface area (Å²) in [7, 11) is 3.27. The average molecular weight is 379 g/mol. The SMILES string of the molecule is COc1ccccc1C1CC(C(=O)Nc2ccc3ncn(C)c(=O)c3c2)NN1. The topological polar surface area (TPSA) is 97.3 Å². The summed E-state index contributed by atoms with van der Waals surface area (Å²) < 4.78 is 6.82. The number of hydrogen-bond donors (Lipinski definition) is 3. The first-order chi connectivity index (χ1) is 13.6. The molecule has 3 N–H and O–H groups in total. The second-order valence-corrected chi connectivity index (χ2v) is 6.75. The van der Waals surface area contributed by atoms with Crippen molar-refractivity contribution in [1.29, 1.82) is 0 Å². The molecular formula is C20H21N5O3. The lowest BCUT2D eigenvalue weighted by molar-refractivity contribution is -0.117. The van der Waals surface area contributed by atoms with Crippen LogP contribution >= 0.6 is 0 Å². The van der Waals surface area contributed by atoms with E-state index in [4.69, 9.17) is 4.74 Å². The first kappa shape index (κ1) is 18.1. The van der Waals surface area contributed by atoms with Crippen LogP contribution in [-0.4, -0.2) is 28.6 Å². The summed E-state index contributed by atoms with van der Waals surface area (Å²) in [6.07, 6.45) is 2.05. The van der Waals surface area contributed by atoms with E-state index in [1.807, 2.05) is 24.3 Å². The molecule has 3 aromatic rings. The number of para-hydroxylation sites is 1. The van der Waals surface area contributed by atoms with E-state index >= 15 is 0 Å². The Morgan fingerprint density at radius 2 is 2.07 bits per heavy atom. The number of carbonyl (C=O) groups is 1. The van der Waals surface area contributed by atoms with E-state index in [2.05, 4.69) is 21.2 Å². The van der Waals surface area contributed by atoms with Gasteiger partial charge in [-0.3, -0.25) is 9.59 Å².